The third-order valence-electron chi connectivity index (χ3n) is 0.724. The zero-order valence-electron chi connectivity index (χ0n) is 7.22. The molecule has 0 amide bonds. The normalized spacial score (nSPS) is 10.7. The molecule has 0 aromatic heterocycles. The Bertz CT molecular complexity index is 182. The van der Waals surface area contributed by atoms with Gasteiger partial charge in [0.05, 0.1) is 0 Å². The maximum atomic E-state index is 10.8. The average molecular weight is 195 g/mol. The fraction of sp³-hybridized carbons (Fsp3) is 0.714. The van der Waals surface area contributed by atoms with Gasteiger partial charge in [-0.05, 0) is 20.8 Å². The average Bonchev–Trinajstić information content (AvgIpc) is 1.79. The number of halogens is 1. The van der Waals surface area contributed by atoms with Crippen molar-refractivity contribution in [1.82, 2.24) is 0 Å². The number of esters is 1. The van der Waals surface area contributed by atoms with Gasteiger partial charge in [-0.2, -0.15) is 0 Å². The van der Waals surface area contributed by atoms with Crippen LogP contribution in [0.2, 0.25) is 0 Å². The molecule has 0 rings (SSSR count). The van der Waals surface area contributed by atoms with Gasteiger partial charge in [-0.15, -0.1) is 0 Å². The predicted molar refractivity (Wildman–Crippen MR) is 43.0 cm³/mol. The highest BCUT2D eigenvalue weighted by atomic mass is 35.5. The van der Waals surface area contributed by atoms with Crippen molar-refractivity contribution in [3.63, 3.8) is 0 Å². The van der Waals surface area contributed by atoms with Crippen LogP contribution < -0.4 is 0 Å². The second-order valence-electron chi connectivity index (χ2n) is 3.11. The quantitative estimate of drug-likeness (QED) is 0.496. The van der Waals surface area contributed by atoms with Crippen molar-refractivity contribution in [1.29, 1.82) is 0 Å². The first-order valence-electron chi connectivity index (χ1n) is 3.35. The first-order valence-corrected chi connectivity index (χ1v) is 3.73. The fourth-order valence-corrected chi connectivity index (χ4v) is 0.541. The summed E-state index contributed by atoms with van der Waals surface area (Å²) in [5.74, 6) is -0.614. The summed E-state index contributed by atoms with van der Waals surface area (Å²) in [5.41, 5.74) is -1.59. The molecule has 0 aromatic rings. The van der Waals surface area contributed by atoms with E-state index in [1.165, 1.54) is 0 Å². The lowest BCUT2D eigenvalue weighted by Crippen LogP contribution is -2.26. The van der Waals surface area contributed by atoms with Gasteiger partial charge in [-0.25, -0.2) is 9.59 Å². The number of carbonyl (C=O) groups is 2. The minimum absolute atomic E-state index is 0.445. The molecule has 70 valence electrons. The van der Waals surface area contributed by atoms with Crippen LogP contribution >= 0.6 is 11.6 Å². The minimum atomic E-state index is -1.01. The molecule has 0 spiro atoms. The molecule has 0 unspecified atom stereocenters. The molecule has 0 atom stereocenters. The van der Waals surface area contributed by atoms with Crippen molar-refractivity contribution in [2.45, 2.75) is 26.4 Å². The van der Waals surface area contributed by atoms with Crippen molar-refractivity contribution in [3.05, 3.63) is 0 Å². The summed E-state index contributed by atoms with van der Waals surface area (Å²) in [4.78, 5) is 20.9. The Morgan fingerprint density at radius 3 is 2.17 bits per heavy atom. The van der Waals surface area contributed by atoms with Crippen molar-refractivity contribution in [3.8, 4) is 0 Å². The fourth-order valence-electron chi connectivity index (χ4n) is 0.487. The van der Waals surface area contributed by atoms with E-state index in [0.29, 0.717) is 0 Å². The molecule has 12 heavy (non-hydrogen) atoms. The van der Waals surface area contributed by atoms with Crippen LogP contribution in [0.15, 0.2) is 0 Å². The van der Waals surface area contributed by atoms with Crippen molar-refractivity contribution in [2.75, 3.05) is 6.61 Å². The molecular weight excluding hydrogens is 184 g/mol. The lowest BCUT2D eigenvalue weighted by Gasteiger charge is -2.18. The van der Waals surface area contributed by atoms with Crippen LogP contribution in [0, 0.1) is 0 Å². The molecule has 0 heterocycles. The third-order valence-corrected chi connectivity index (χ3v) is 0.833. The number of ether oxygens (including phenoxy) is 2. The molecule has 0 saturated heterocycles. The molecule has 0 bridgehead atoms. The molecule has 0 fully saturated rings. The van der Waals surface area contributed by atoms with Crippen LogP contribution in [-0.4, -0.2) is 23.6 Å². The van der Waals surface area contributed by atoms with Crippen LogP contribution in [0.4, 0.5) is 4.79 Å². The van der Waals surface area contributed by atoms with E-state index in [2.05, 4.69) is 4.74 Å². The molecule has 0 aliphatic carbocycles. The standard InChI is InChI=1S/C7H11ClO4/c1-7(2,3)12-5(9)4-11-6(8)10/h4H2,1-3H3. The maximum absolute atomic E-state index is 10.8. The highest BCUT2D eigenvalue weighted by Gasteiger charge is 2.16. The van der Waals surface area contributed by atoms with Gasteiger partial charge in [0.15, 0.2) is 6.61 Å². The van der Waals surface area contributed by atoms with Crippen molar-refractivity contribution < 1.29 is 19.1 Å². The van der Waals surface area contributed by atoms with E-state index in [1.807, 2.05) is 0 Å². The number of hydrogen-bond acceptors (Lipinski definition) is 4. The van der Waals surface area contributed by atoms with Crippen LogP contribution in [0.1, 0.15) is 20.8 Å². The van der Waals surface area contributed by atoms with Gasteiger partial charge in [0.2, 0.25) is 0 Å². The Kier molecular flexibility index (Phi) is 4.03. The van der Waals surface area contributed by atoms with Crippen molar-refractivity contribution in [2.24, 2.45) is 0 Å². The van der Waals surface area contributed by atoms with Crippen LogP contribution in [0.3, 0.4) is 0 Å². The van der Waals surface area contributed by atoms with Crippen LogP contribution in [0.25, 0.3) is 0 Å². The summed E-state index contributed by atoms with van der Waals surface area (Å²) < 4.78 is 9.01. The van der Waals surface area contributed by atoms with Crippen LogP contribution in [-0.2, 0) is 14.3 Å². The van der Waals surface area contributed by atoms with Crippen molar-refractivity contribution >= 4 is 23.0 Å². The molecule has 4 nitrogen and oxygen atoms in total. The molecule has 0 aliphatic rings. The first kappa shape index (κ1) is 11.2. The SMILES string of the molecule is CC(C)(C)OC(=O)COC(=O)Cl. The van der Waals surface area contributed by atoms with Gasteiger partial charge in [0, 0.05) is 11.6 Å². The smallest absolute Gasteiger partial charge is 0.404 e. The van der Waals surface area contributed by atoms with Gasteiger partial charge < -0.3 is 9.47 Å². The summed E-state index contributed by atoms with van der Waals surface area (Å²) >= 11 is 4.82. The van der Waals surface area contributed by atoms with Gasteiger partial charge in [-0.1, -0.05) is 0 Å². The highest BCUT2D eigenvalue weighted by molar-refractivity contribution is 6.61. The second-order valence-corrected chi connectivity index (χ2v) is 3.42. The topological polar surface area (TPSA) is 52.6 Å². The predicted octanol–water partition coefficient (Wildman–Crippen LogP) is 1.70. The van der Waals surface area contributed by atoms with E-state index < -0.39 is 23.6 Å². The molecule has 0 aromatic carbocycles. The summed E-state index contributed by atoms with van der Waals surface area (Å²) in [6, 6.07) is 0. The summed E-state index contributed by atoms with van der Waals surface area (Å²) in [5, 5.41) is 0. The summed E-state index contributed by atoms with van der Waals surface area (Å²) in [6.45, 7) is 4.70. The zero-order valence-corrected chi connectivity index (χ0v) is 7.97. The Morgan fingerprint density at radius 2 is 1.83 bits per heavy atom. The molecule has 0 saturated carbocycles. The number of hydrogen-bond donors (Lipinski definition) is 0. The molecule has 0 radical (unpaired) electrons. The minimum Gasteiger partial charge on any atom is -0.457 e. The largest absolute Gasteiger partial charge is 0.457 e. The van der Waals surface area contributed by atoms with E-state index in [1.54, 1.807) is 20.8 Å². The first-order chi connectivity index (χ1) is 5.31. The Balaban J connectivity index is 3.68. The summed E-state index contributed by atoms with van der Waals surface area (Å²) in [6.07, 6.45) is 0. The third kappa shape index (κ3) is 7.34. The number of rotatable bonds is 2. The monoisotopic (exact) mass is 194 g/mol. The maximum Gasteiger partial charge on any atom is 0.404 e. The summed E-state index contributed by atoms with van der Waals surface area (Å²) in [7, 11) is 0. The molecular formula is C7H11ClO4. The molecule has 0 N–H and O–H groups in total. The van der Waals surface area contributed by atoms with Crippen LogP contribution in [0.5, 0.6) is 0 Å². The lowest BCUT2D eigenvalue weighted by molar-refractivity contribution is -0.157. The Labute approximate surface area is 75.8 Å². The molecule has 5 heteroatoms. The van der Waals surface area contributed by atoms with E-state index >= 15 is 0 Å². The zero-order chi connectivity index (χ0) is 9.78. The van der Waals surface area contributed by atoms with Gasteiger partial charge >= 0.3 is 11.4 Å². The Morgan fingerprint density at radius 1 is 1.33 bits per heavy atom. The second kappa shape index (κ2) is 4.30. The van der Waals surface area contributed by atoms with Gasteiger partial charge in [-0.3, -0.25) is 0 Å². The van der Waals surface area contributed by atoms with E-state index in [4.69, 9.17) is 16.3 Å². The molecule has 0 aliphatic heterocycles. The number of carbonyl (C=O) groups excluding carboxylic acids is 2. The Hall–Kier alpha value is -0.770. The van der Waals surface area contributed by atoms with Gasteiger partial charge in [0.1, 0.15) is 5.60 Å². The van der Waals surface area contributed by atoms with E-state index in [0.717, 1.165) is 0 Å². The van der Waals surface area contributed by atoms with E-state index in [-0.39, 0.29) is 0 Å². The van der Waals surface area contributed by atoms with E-state index in [9.17, 15) is 9.59 Å². The lowest BCUT2D eigenvalue weighted by atomic mass is 10.2. The highest BCUT2D eigenvalue weighted by Crippen LogP contribution is 2.06. The van der Waals surface area contributed by atoms with Gasteiger partial charge in [0.25, 0.3) is 0 Å².